The van der Waals surface area contributed by atoms with Gasteiger partial charge in [-0.2, -0.15) is 0 Å². The average Bonchev–Trinajstić information content (AvgIpc) is 2.36. The summed E-state index contributed by atoms with van der Waals surface area (Å²) in [4.78, 5) is 8.54. The van der Waals surface area contributed by atoms with Crippen molar-refractivity contribution in [3.63, 3.8) is 0 Å². The van der Waals surface area contributed by atoms with Crippen molar-refractivity contribution >= 4 is 11.6 Å². The number of hydrogen-bond acceptors (Lipinski definition) is 5. The van der Waals surface area contributed by atoms with E-state index < -0.39 is 0 Å². The van der Waals surface area contributed by atoms with Gasteiger partial charge in [0, 0.05) is 19.0 Å². The smallest absolute Gasteiger partial charge is 0.132 e. The molecule has 1 aromatic rings. The van der Waals surface area contributed by atoms with Crippen molar-refractivity contribution < 1.29 is 5.11 Å². The number of nitrogens with zero attached hydrogens (tertiary/aromatic N) is 2. The third kappa shape index (κ3) is 3.57. The molecule has 2 rings (SSSR count). The van der Waals surface area contributed by atoms with Gasteiger partial charge in [0.05, 0.1) is 6.10 Å². The summed E-state index contributed by atoms with van der Waals surface area (Å²) in [5.41, 5.74) is 5.73. The molecule has 0 aliphatic heterocycles. The van der Waals surface area contributed by atoms with E-state index in [9.17, 15) is 5.11 Å². The van der Waals surface area contributed by atoms with Gasteiger partial charge in [-0.05, 0) is 25.2 Å². The van der Waals surface area contributed by atoms with Crippen molar-refractivity contribution in [2.24, 2.45) is 5.92 Å². The fourth-order valence-electron chi connectivity index (χ4n) is 2.46. The van der Waals surface area contributed by atoms with E-state index in [1.807, 2.05) is 6.92 Å². The van der Waals surface area contributed by atoms with Crippen LogP contribution in [0.1, 0.15) is 38.4 Å². The molecule has 1 heterocycles. The Morgan fingerprint density at radius 1 is 1.44 bits per heavy atom. The summed E-state index contributed by atoms with van der Waals surface area (Å²) < 4.78 is 0. The maximum atomic E-state index is 9.63. The molecule has 0 aromatic carbocycles. The van der Waals surface area contributed by atoms with Gasteiger partial charge in [-0.25, -0.2) is 9.97 Å². The Hall–Kier alpha value is -1.36. The molecule has 4 N–H and O–H groups in total. The van der Waals surface area contributed by atoms with E-state index in [0.29, 0.717) is 11.7 Å². The predicted octanol–water partition coefficient (Wildman–Crippen LogP) is 1.58. The zero-order chi connectivity index (χ0) is 13.0. The van der Waals surface area contributed by atoms with Crippen LogP contribution in [-0.2, 0) is 6.42 Å². The molecule has 1 fully saturated rings. The summed E-state index contributed by atoms with van der Waals surface area (Å²) in [6, 6.07) is 1.76. The minimum absolute atomic E-state index is 0.132. The van der Waals surface area contributed by atoms with Crippen molar-refractivity contribution in [3.8, 4) is 0 Å². The van der Waals surface area contributed by atoms with Crippen LogP contribution in [0.4, 0.5) is 11.6 Å². The van der Waals surface area contributed by atoms with Crippen molar-refractivity contribution in [2.45, 2.75) is 45.1 Å². The van der Waals surface area contributed by atoms with Crippen LogP contribution in [0.3, 0.4) is 0 Å². The molecule has 1 aliphatic carbocycles. The number of aliphatic hydroxyl groups is 1. The van der Waals surface area contributed by atoms with Gasteiger partial charge in [0.2, 0.25) is 0 Å². The number of rotatable bonds is 4. The highest BCUT2D eigenvalue weighted by atomic mass is 16.3. The number of nitrogens with one attached hydrogen (secondary N) is 1. The standard InChI is InChI=1S/C13H22N4O/c1-2-12-16-11(14)7-13(17-12)15-8-9-4-3-5-10(18)6-9/h7,9-10,18H,2-6,8H2,1H3,(H3,14,15,16,17). The molecule has 0 saturated heterocycles. The average molecular weight is 250 g/mol. The van der Waals surface area contributed by atoms with Crippen LogP contribution in [0.2, 0.25) is 0 Å². The Bertz CT molecular complexity index is 397. The topological polar surface area (TPSA) is 84.1 Å². The van der Waals surface area contributed by atoms with Gasteiger partial charge in [0.15, 0.2) is 0 Å². The zero-order valence-corrected chi connectivity index (χ0v) is 10.9. The molecule has 0 amide bonds. The van der Waals surface area contributed by atoms with E-state index in [4.69, 9.17) is 5.73 Å². The van der Waals surface area contributed by atoms with Crippen LogP contribution in [0.5, 0.6) is 0 Å². The lowest BCUT2D eigenvalue weighted by Gasteiger charge is -2.26. The first kappa shape index (κ1) is 13.1. The highest BCUT2D eigenvalue weighted by Crippen LogP contribution is 2.24. The molecule has 1 aromatic heterocycles. The summed E-state index contributed by atoms with van der Waals surface area (Å²) in [6.45, 7) is 2.85. The largest absolute Gasteiger partial charge is 0.393 e. The highest BCUT2D eigenvalue weighted by Gasteiger charge is 2.19. The second kappa shape index (κ2) is 6.00. The van der Waals surface area contributed by atoms with Crippen LogP contribution in [0, 0.1) is 5.92 Å². The highest BCUT2D eigenvalue weighted by molar-refractivity contribution is 5.44. The van der Waals surface area contributed by atoms with Crippen LogP contribution < -0.4 is 11.1 Å². The first-order valence-electron chi connectivity index (χ1n) is 6.72. The number of aliphatic hydroxyl groups excluding tert-OH is 1. The maximum Gasteiger partial charge on any atom is 0.132 e. The van der Waals surface area contributed by atoms with E-state index in [2.05, 4.69) is 15.3 Å². The summed E-state index contributed by atoms with van der Waals surface area (Å²) in [5.74, 6) is 2.59. The van der Waals surface area contributed by atoms with Gasteiger partial charge in [-0.3, -0.25) is 0 Å². The van der Waals surface area contributed by atoms with E-state index >= 15 is 0 Å². The van der Waals surface area contributed by atoms with Crippen molar-refractivity contribution in [1.82, 2.24) is 9.97 Å². The molecular formula is C13H22N4O. The first-order chi connectivity index (χ1) is 8.67. The monoisotopic (exact) mass is 250 g/mol. The molecule has 1 saturated carbocycles. The van der Waals surface area contributed by atoms with E-state index in [-0.39, 0.29) is 6.10 Å². The van der Waals surface area contributed by atoms with Crippen LogP contribution in [-0.4, -0.2) is 27.7 Å². The number of anilines is 2. The lowest BCUT2D eigenvalue weighted by atomic mass is 9.87. The van der Waals surface area contributed by atoms with Gasteiger partial charge in [0.1, 0.15) is 17.5 Å². The van der Waals surface area contributed by atoms with Gasteiger partial charge < -0.3 is 16.2 Å². The lowest BCUT2D eigenvalue weighted by molar-refractivity contribution is 0.104. The number of aromatic nitrogens is 2. The minimum Gasteiger partial charge on any atom is -0.393 e. The molecule has 0 spiro atoms. The quantitative estimate of drug-likeness (QED) is 0.755. The fourth-order valence-corrected chi connectivity index (χ4v) is 2.46. The third-order valence-electron chi connectivity index (χ3n) is 3.44. The molecule has 100 valence electrons. The Morgan fingerprint density at radius 2 is 2.28 bits per heavy atom. The number of nitrogen functional groups attached to an aromatic ring is 1. The number of hydrogen-bond donors (Lipinski definition) is 3. The molecular weight excluding hydrogens is 228 g/mol. The summed E-state index contributed by atoms with van der Waals surface area (Å²) in [7, 11) is 0. The number of aryl methyl sites for hydroxylation is 1. The SMILES string of the molecule is CCc1nc(N)cc(NCC2CCCC(O)C2)n1. The molecule has 2 unspecified atom stereocenters. The van der Waals surface area contributed by atoms with Crippen molar-refractivity contribution in [2.75, 3.05) is 17.6 Å². The van der Waals surface area contributed by atoms with Crippen molar-refractivity contribution in [3.05, 3.63) is 11.9 Å². The summed E-state index contributed by atoms with van der Waals surface area (Å²) >= 11 is 0. The Labute approximate surface area is 108 Å². The van der Waals surface area contributed by atoms with E-state index in [1.54, 1.807) is 6.07 Å². The minimum atomic E-state index is -0.132. The second-order valence-corrected chi connectivity index (χ2v) is 5.02. The van der Waals surface area contributed by atoms with Crippen LogP contribution in [0.15, 0.2) is 6.07 Å². The van der Waals surface area contributed by atoms with Crippen molar-refractivity contribution in [1.29, 1.82) is 0 Å². The van der Waals surface area contributed by atoms with Crippen LogP contribution in [0.25, 0.3) is 0 Å². The fraction of sp³-hybridized carbons (Fsp3) is 0.692. The molecule has 18 heavy (non-hydrogen) atoms. The van der Waals surface area contributed by atoms with E-state index in [1.165, 1.54) is 6.42 Å². The Morgan fingerprint density at radius 3 is 3.00 bits per heavy atom. The van der Waals surface area contributed by atoms with Gasteiger partial charge in [-0.1, -0.05) is 13.3 Å². The zero-order valence-electron chi connectivity index (χ0n) is 10.9. The number of nitrogens with two attached hydrogens (primary N) is 1. The molecule has 0 radical (unpaired) electrons. The molecule has 2 atom stereocenters. The van der Waals surface area contributed by atoms with Crippen LogP contribution >= 0.6 is 0 Å². The van der Waals surface area contributed by atoms with Gasteiger partial charge in [0.25, 0.3) is 0 Å². The Balaban J connectivity index is 1.91. The molecule has 5 heteroatoms. The summed E-state index contributed by atoms with van der Waals surface area (Å²) in [6.07, 6.45) is 4.75. The van der Waals surface area contributed by atoms with E-state index in [0.717, 1.165) is 43.9 Å². The lowest BCUT2D eigenvalue weighted by Crippen LogP contribution is -2.25. The normalized spacial score (nSPS) is 23.9. The van der Waals surface area contributed by atoms with Gasteiger partial charge >= 0.3 is 0 Å². The molecule has 5 nitrogen and oxygen atoms in total. The first-order valence-corrected chi connectivity index (χ1v) is 6.72. The van der Waals surface area contributed by atoms with Gasteiger partial charge in [-0.15, -0.1) is 0 Å². The predicted molar refractivity (Wildman–Crippen MR) is 72.3 cm³/mol. The summed E-state index contributed by atoms with van der Waals surface area (Å²) in [5, 5.41) is 12.9. The Kier molecular flexibility index (Phi) is 4.36. The third-order valence-corrected chi connectivity index (χ3v) is 3.44. The molecule has 0 bridgehead atoms. The maximum absolute atomic E-state index is 9.63. The second-order valence-electron chi connectivity index (χ2n) is 5.02. The molecule has 1 aliphatic rings.